The number of benzene rings is 2. The summed E-state index contributed by atoms with van der Waals surface area (Å²) in [6.45, 7) is 0. The summed E-state index contributed by atoms with van der Waals surface area (Å²) in [5, 5.41) is 20.7. The van der Waals surface area contributed by atoms with Gasteiger partial charge in [0.2, 0.25) is 0 Å². The Morgan fingerprint density at radius 2 is 1.84 bits per heavy atom. The number of aromatic carboxylic acids is 1. The van der Waals surface area contributed by atoms with Crippen molar-refractivity contribution in [2.75, 3.05) is 5.32 Å². The number of para-hydroxylation sites is 1. The molecular formula is C14H9FN2O2. The van der Waals surface area contributed by atoms with Crippen LogP contribution < -0.4 is 5.32 Å². The fourth-order valence-corrected chi connectivity index (χ4v) is 1.68. The fourth-order valence-electron chi connectivity index (χ4n) is 1.68. The van der Waals surface area contributed by atoms with E-state index in [0.29, 0.717) is 11.3 Å². The van der Waals surface area contributed by atoms with Gasteiger partial charge in [0.25, 0.3) is 0 Å². The topological polar surface area (TPSA) is 73.1 Å². The molecule has 0 saturated heterocycles. The highest BCUT2D eigenvalue weighted by atomic mass is 19.1. The van der Waals surface area contributed by atoms with E-state index in [0.717, 1.165) is 6.07 Å². The molecule has 2 rings (SSSR count). The van der Waals surface area contributed by atoms with E-state index in [2.05, 4.69) is 5.32 Å². The second kappa shape index (κ2) is 5.19. The Hall–Kier alpha value is -2.87. The standard InChI is InChI=1S/C14H9FN2O2/c15-10-5-3-7-12(13(10)14(18)19)17-11-6-2-1-4-9(11)8-16/h1-7,17H,(H,18,19). The molecule has 0 fully saturated rings. The number of nitrogens with zero attached hydrogens (tertiary/aromatic N) is 1. The van der Waals surface area contributed by atoms with Crippen molar-refractivity contribution in [3.8, 4) is 6.07 Å². The molecule has 0 radical (unpaired) electrons. The predicted molar refractivity (Wildman–Crippen MR) is 67.8 cm³/mol. The summed E-state index contributed by atoms with van der Waals surface area (Å²) >= 11 is 0. The Bertz CT molecular complexity index is 677. The summed E-state index contributed by atoms with van der Waals surface area (Å²) in [4.78, 5) is 11.0. The van der Waals surface area contributed by atoms with Crippen LogP contribution in [0.5, 0.6) is 0 Å². The van der Waals surface area contributed by atoms with Gasteiger partial charge in [-0.3, -0.25) is 0 Å². The summed E-state index contributed by atoms with van der Waals surface area (Å²) in [5.74, 6) is -2.19. The minimum atomic E-state index is -1.37. The molecule has 0 aliphatic rings. The van der Waals surface area contributed by atoms with Crippen molar-refractivity contribution < 1.29 is 14.3 Å². The van der Waals surface area contributed by atoms with Crippen molar-refractivity contribution in [2.24, 2.45) is 0 Å². The molecule has 0 atom stereocenters. The van der Waals surface area contributed by atoms with Gasteiger partial charge in [-0.05, 0) is 24.3 Å². The van der Waals surface area contributed by atoms with E-state index < -0.39 is 17.3 Å². The maximum Gasteiger partial charge on any atom is 0.340 e. The maximum absolute atomic E-state index is 13.5. The number of anilines is 2. The van der Waals surface area contributed by atoms with Gasteiger partial charge in [-0.1, -0.05) is 18.2 Å². The summed E-state index contributed by atoms with van der Waals surface area (Å²) in [7, 11) is 0. The number of hydrogen-bond acceptors (Lipinski definition) is 3. The Balaban J connectivity index is 2.48. The molecule has 0 spiro atoms. The Morgan fingerprint density at radius 1 is 1.16 bits per heavy atom. The van der Waals surface area contributed by atoms with Gasteiger partial charge in [-0.2, -0.15) is 5.26 Å². The molecule has 2 aromatic rings. The number of nitriles is 1. The first kappa shape index (κ1) is 12.6. The molecule has 0 aliphatic carbocycles. The molecule has 0 heterocycles. The predicted octanol–water partition coefficient (Wildman–Crippen LogP) is 3.14. The third kappa shape index (κ3) is 2.53. The van der Waals surface area contributed by atoms with Crippen molar-refractivity contribution in [1.82, 2.24) is 0 Å². The highest BCUT2D eigenvalue weighted by molar-refractivity contribution is 5.95. The first-order chi connectivity index (χ1) is 9.13. The number of carboxylic acids is 1. The lowest BCUT2D eigenvalue weighted by atomic mass is 10.1. The van der Waals surface area contributed by atoms with Crippen LogP contribution in [0, 0.1) is 17.1 Å². The van der Waals surface area contributed by atoms with E-state index in [-0.39, 0.29) is 5.69 Å². The second-order valence-electron chi connectivity index (χ2n) is 3.75. The molecule has 0 aromatic heterocycles. The quantitative estimate of drug-likeness (QED) is 0.884. The summed E-state index contributed by atoms with van der Waals surface area (Å²) in [6, 6.07) is 12.5. The van der Waals surface area contributed by atoms with Crippen LogP contribution in [0.25, 0.3) is 0 Å². The zero-order valence-corrected chi connectivity index (χ0v) is 9.72. The minimum absolute atomic E-state index is 0.107. The van der Waals surface area contributed by atoms with E-state index in [1.54, 1.807) is 24.3 Å². The lowest BCUT2D eigenvalue weighted by Crippen LogP contribution is -2.06. The minimum Gasteiger partial charge on any atom is -0.478 e. The first-order valence-corrected chi connectivity index (χ1v) is 5.41. The number of rotatable bonds is 3. The molecule has 4 nitrogen and oxygen atoms in total. The highest BCUT2D eigenvalue weighted by Gasteiger charge is 2.16. The van der Waals surface area contributed by atoms with Crippen LogP contribution in [0.1, 0.15) is 15.9 Å². The summed E-state index contributed by atoms with van der Waals surface area (Å²) in [5.41, 5.74) is 0.437. The fraction of sp³-hybridized carbons (Fsp3) is 0. The monoisotopic (exact) mass is 256 g/mol. The number of nitrogens with one attached hydrogen (secondary N) is 1. The van der Waals surface area contributed by atoms with Gasteiger partial charge in [-0.15, -0.1) is 0 Å². The molecular weight excluding hydrogens is 247 g/mol. The van der Waals surface area contributed by atoms with Crippen molar-refractivity contribution in [3.63, 3.8) is 0 Å². The Morgan fingerprint density at radius 3 is 2.53 bits per heavy atom. The van der Waals surface area contributed by atoms with Crippen LogP contribution in [0.4, 0.5) is 15.8 Å². The van der Waals surface area contributed by atoms with Gasteiger partial charge in [0.15, 0.2) is 0 Å². The molecule has 2 N–H and O–H groups in total. The largest absolute Gasteiger partial charge is 0.478 e. The molecule has 0 amide bonds. The van der Waals surface area contributed by atoms with Crippen LogP contribution in [0.3, 0.4) is 0 Å². The first-order valence-electron chi connectivity index (χ1n) is 5.41. The number of hydrogen-bond donors (Lipinski definition) is 2. The van der Waals surface area contributed by atoms with Crippen LogP contribution in [0.2, 0.25) is 0 Å². The van der Waals surface area contributed by atoms with E-state index in [1.165, 1.54) is 12.1 Å². The SMILES string of the molecule is N#Cc1ccccc1Nc1cccc(F)c1C(=O)O. The van der Waals surface area contributed by atoms with E-state index in [1.807, 2.05) is 6.07 Å². The van der Waals surface area contributed by atoms with E-state index in [9.17, 15) is 9.18 Å². The van der Waals surface area contributed by atoms with Gasteiger partial charge in [0, 0.05) is 0 Å². The maximum atomic E-state index is 13.5. The van der Waals surface area contributed by atoms with Crippen LogP contribution in [0.15, 0.2) is 42.5 Å². The zero-order valence-electron chi connectivity index (χ0n) is 9.72. The lowest BCUT2D eigenvalue weighted by Gasteiger charge is -2.11. The van der Waals surface area contributed by atoms with Crippen molar-refractivity contribution in [3.05, 3.63) is 59.4 Å². The van der Waals surface area contributed by atoms with Crippen molar-refractivity contribution in [2.45, 2.75) is 0 Å². The normalized spacial score (nSPS) is 9.68. The molecule has 0 bridgehead atoms. The van der Waals surface area contributed by atoms with Crippen LogP contribution in [-0.4, -0.2) is 11.1 Å². The Labute approximate surface area is 108 Å². The third-order valence-corrected chi connectivity index (χ3v) is 2.54. The van der Waals surface area contributed by atoms with Gasteiger partial charge in [0.1, 0.15) is 17.4 Å². The van der Waals surface area contributed by atoms with E-state index in [4.69, 9.17) is 10.4 Å². The summed E-state index contributed by atoms with van der Waals surface area (Å²) in [6.07, 6.45) is 0. The number of carboxylic acid groups (broad SMARTS) is 1. The molecule has 2 aromatic carbocycles. The molecule has 0 unspecified atom stereocenters. The lowest BCUT2D eigenvalue weighted by molar-refractivity contribution is 0.0693. The number of halogens is 1. The zero-order chi connectivity index (χ0) is 13.8. The Kier molecular flexibility index (Phi) is 3.44. The van der Waals surface area contributed by atoms with E-state index >= 15 is 0 Å². The molecule has 94 valence electrons. The highest BCUT2D eigenvalue weighted by Crippen LogP contribution is 2.25. The average molecular weight is 256 g/mol. The third-order valence-electron chi connectivity index (χ3n) is 2.54. The van der Waals surface area contributed by atoms with Crippen LogP contribution >= 0.6 is 0 Å². The summed E-state index contributed by atoms with van der Waals surface area (Å²) < 4.78 is 13.5. The molecule has 5 heteroatoms. The second-order valence-corrected chi connectivity index (χ2v) is 3.75. The average Bonchev–Trinajstić information content (AvgIpc) is 2.39. The molecule has 19 heavy (non-hydrogen) atoms. The van der Waals surface area contributed by atoms with Gasteiger partial charge in [0.05, 0.1) is 16.9 Å². The smallest absolute Gasteiger partial charge is 0.340 e. The van der Waals surface area contributed by atoms with Crippen molar-refractivity contribution >= 4 is 17.3 Å². The van der Waals surface area contributed by atoms with Gasteiger partial charge < -0.3 is 10.4 Å². The van der Waals surface area contributed by atoms with Gasteiger partial charge in [-0.25, -0.2) is 9.18 Å². The molecule has 0 aliphatic heterocycles. The van der Waals surface area contributed by atoms with Crippen LogP contribution in [-0.2, 0) is 0 Å². The van der Waals surface area contributed by atoms with Crippen molar-refractivity contribution in [1.29, 1.82) is 5.26 Å². The number of carbonyl (C=O) groups is 1. The molecule has 0 saturated carbocycles. The van der Waals surface area contributed by atoms with Gasteiger partial charge >= 0.3 is 5.97 Å².